The van der Waals surface area contributed by atoms with Gasteiger partial charge < -0.3 is 11.1 Å². The van der Waals surface area contributed by atoms with Crippen LogP contribution in [0.25, 0.3) is 0 Å². The van der Waals surface area contributed by atoms with E-state index in [2.05, 4.69) is 5.32 Å². The average Bonchev–Trinajstić information content (AvgIpc) is 2.85. The molecule has 1 aromatic rings. The molecule has 2 aliphatic rings. The summed E-state index contributed by atoms with van der Waals surface area (Å²) in [5.41, 5.74) is 7.75. The van der Waals surface area contributed by atoms with Crippen molar-refractivity contribution in [2.45, 2.75) is 31.7 Å². The van der Waals surface area contributed by atoms with Gasteiger partial charge in [0.1, 0.15) is 0 Å². The van der Waals surface area contributed by atoms with Crippen molar-refractivity contribution in [1.82, 2.24) is 0 Å². The number of hydrogen-bond donors (Lipinski definition) is 2. The zero-order chi connectivity index (χ0) is 11.1. The molecule has 0 spiro atoms. The van der Waals surface area contributed by atoms with Gasteiger partial charge in [-0.3, -0.25) is 0 Å². The van der Waals surface area contributed by atoms with E-state index in [1.165, 1.54) is 25.7 Å². The third kappa shape index (κ3) is 1.75. The molecule has 86 valence electrons. The summed E-state index contributed by atoms with van der Waals surface area (Å²) in [5, 5.41) is 4.32. The molecule has 0 aromatic heterocycles. The Morgan fingerprint density at radius 2 is 2.12 bits per heavy atom. The van der Waals surface area contributed by atoms with Crippen molar-refractivity contribution in [3.05, 3.63) is 23.2 Å². The molecule has 2 nitrogen and oxygen atoms in total. The van der Waals surface area contributed by atoms with Crippen molar-refractivity contribution in [2.75, 3.05) is 11.1 Å². The van der Waals surface area contributed by atoms with E-state index in [0.29, 0.717) is 6.04 Å². The molecule has 1 aromatic carbocycles. The number of rotatable bonds is 2. The van der Waals surface area contributed by atoms with Crippen LogP contribution in [-0.2, 0) is 0 Å². The van der Waals surface area contributed by atoms with Gasteiger partial charge in [-0.15, -0.1) is 0 Å². The molecule has 3 N–H and O–H groups in total. The monoisotopic (exact) mass is 236 g/mol. The Hall–Kier alpha value is -0.890. The lowest BCUT2D eigenvalue weighted by atomic mass is 9.95. The molecule has 2 saturated carbocycles. The highest BCUT2D eigenvalue weighted by Gasteiger charge is 2.39. The number of hydrogen-bond acceptors (Lipinski definition) is 2. The fourth-order valence-corrected chi connectivity index (χ4v) is 3.45. The van der Waals surface area contributed by atoms with Crippen molar-refractivity contribution < 1.29 is 0 Å². The van der Waals surface area contributed by atoms with E-state index in [1.807, 2.05) is 18.2 Å². The van der Waals surface area contributed by atoms with Gasteiger partial charge in [-0.25, -0.2) is 0 Å². The third-order valence-electron chi connectivity index (χ3n) is 4.09. The average molecular weight is 237 g/mol. The Labute approximate surface area is 101 Å². The van der Waals surface area contributed by atoms with Gasteiger partial charge in [-0.05, 0) is 49.3 Å². The van der Waals surface area contributed by atoms with E-state index >= 15 is 0 Å². The van der Waals surface area contributed by atoms with Crippen LogP contribution in [-0.4, -0.2) is 6.04 Å². The van der Waals surface area contributed by atoms with Crippen LogP contribution in [0.15, 0.2) is 18.2 Å². The summed E-state index contributed by atoms with van der Waals surface area (Å²) in [5.74, 6) is 1.80. The first-order valence-electron chi connectivity index (χ1n) is 6.04. The van der Waals surface area contributed by atoms with Crippen LogP contribution in [0.5, 0.6) is 0 Å². The third-order valence-corrected chi connectivity index (χ3v) is 4.33. The quantitative estimate of drug-likeness (QED) is 0.771. The number of anilines is 2. The van der Waals surface area contributed by atoms with Crippen molar-refractivity contribution in [3.63, 3.8) is 0 Å². The van der Waals surface area contributed by atoms with E-state index in [1.54, 1.807) is 0 Å². The topological polar surface area (TPSA) is 38.0 Å². The summed E-state index contributed by atoms with van der Waals surface area (Å²) < 4.78 is 0. The molecule has 0 amide bonds. The Morgan fingerprint density at radius 3 is 2.81 bits per heavy atom. The summed E-state index contributed by atoms with van der Waals surface area (Å²) in [6, 6.07) is 6.25. The molecular weight excluding hydrogens is 220 g/mol. The molecule has 0 saturated heterocycles. The maximum absolute atomic E-state index is 5.99. The zero-order valence-electron chi connectivity index (χ0n) is 9.25. The minimum atomic E-state index is 0.611. The van der Waals surface area contributed by atoms with E-state index in [4.69, 9.17) is 17.3 Å². The summed E-state index contributed by atoms with van der Waals surface area (Å²) in [7, 11) is 0. The summed E-state index contributed by atoms with van der Waals surface area (Å²) in [6.45, 7) is 0. The van der Waals surface area contributed by atoms with Crippen LogP contribution >= 0.6 is 11.6 Å². The smallest absolute Gasteiger partial charge is 0.0591 e. The van der Waals surface area contributed by atoms with Crippen molar-refractivity contribution in [1.29, 1.82) is 0 Å². The molecule has 0 radical (unpaired) electrons. The minimum Gasteiger partial charge on any atom is -0.397 e. The van der Waals surface area contributed by atoms with Gasteiger partial charge in [0.15, 0.2) is 0 Å². The van der Waals surface area contributed by atoms with E-state index < -0.39 is 0 Å². The van der Waals surface area contributed by atoms with Crippen LogP contribution < -0.4 is 11.1 Å². The van der Waals surface area contributed by atoms with Gasteiger partial charge in [0.2, 0.25) is 0 Å². The first-order chi connectivity index (χ1) is 7.72. The molecule has 3 atom stereocenters. The predicted octanol–water partition coefficient (Wildman–Crippen LogP) is 3.52. The van der Waals surface area contributed by atoms with Gasteiger partial charge in [0.05, 0.1) is 11.4 Å². The highest BCUT2D eigenvalue weighted by atomic mass is 35.5. The molecule has 16 heavy (non-hydrogen) atoms. The lowest BCUT2D eigenvalue weighted by molar-refractivity contribution is 0.440. The zero-order valence-corrected chi connectivity index (χ0v) is 10.0. The van der Waals surface area contributed by atoms with Crippen molar-refractivity contribution in [2.24, 2.45) is 11.8 Å². The molecule has 3 rings (SSSR count). The second-order valence-electron chi connectivity index (χ2n) is 5.16. The van der Waals surface area contributed by atoms with Gasteiger partial charge >= 0.3 is 0 Å². The molecule has 0 aliphatic heterocycles. The lowest BCUT2D eigenvalue weighted by Gasteiger charge is -2.24. The fraction of sp³-hybridized carbons (Fsp3) is 0.538. The fourth-order valence-electron chi connectivity index (χ4n) is 3.27. The number of nitrogens with one attached hydrogen (secondary N) is 1. The SMILES string of the molecule is Nc1ccc(Cl)cc1NC1CC2CCC1C2. The Balaban J connectivity index is 1.76. The van der Waals surface area contributed by atoms with Crippen LogP contribution in [0, 0.1) is 11.8 Å². The molecule has 3 heteroatoms. The first kappa shape index (κ1) is 10.3. The Bertz CT molecular complexity index is 405. The van der Waals surface area contributed by atoms with Crippen LogP contribution in [0.4, 0.5) is 11.4 Å². The maximum atomic E-state index is 5.99. The molecular formula is C13H17ClN2. The largest absolute Gasteiger partial charge is 0.397 e. The van der Waals surface area contributed by atoms with Crippen LogP contribution in [0.2, 0.25) is 5.02 Å². The van der Waals surface area contributed by atoms with E-state index in [-0.39, 0.29) is 0 Å². The normalized spacial score (nSPS) is 31.9. The second kappa shape index (κ2) is 3.85. The number of nitrogens with two attached hydrogens (primary N) is 1. The summed E-state index contributed by atoms with van der Waals surface area (Å²) >= 11 is 5.99. The van der Waals surface area contributed by atoms with Gasteiger partial charge in [-0.1, -0.05) is 18.0 Å². The highest BCUT2D eigenvalue weighted by molar-refractivity contribution is 6.31. The minimum absolute atomic E-state index is 0.611. The lowest BCUT2D eigenvalue weighted by Crippen LogP contribution is -2.26. The number of fused-ring (bicyclic) bond motifs is 2. The number of halogens is 1. The number of benzene rings is 1. The second-order valence-corrected chi connectivity index (χ2v) is 5.59. The highest BCUT2D eigenvalue weighted by Crippen LogP contribution is 2.45. The van der Waals surface area contributed by atoms with Gasteiger partial charge in [-0.2, -0.15) is 0 Å². The van der Waals surface area contributed by atoms with Crippen LogP contribution in [0.1, 0.15) is 25.7 Å². The standard InChI is InChI=1S/C13H17ClN2/c14-10-3-4-11(15)13(7-10)16-12-6-8-1-2-9(12)5-8/h3-4,7-9,12,16H,1-2,5-6,15H2. The predicted molar refractivity (Wildman–Crippen MR) is 68.7 cm³/mol. The summed E-state index contributed by atoms with van der Waals surface area (Å²) in [4.78, 5) is 0. The Kier molecular flexibility index (Phi) is 2.47. The first-order valence-corrected chi connectivity index (χ1v) is 6.42. The van der Waals surface area contributed by atoms with E-state index in [0.717, 1.165) is 28.2 Å². The maximum Gasteiger partial charge on any atom is 0.0591 e. The molecule has 0 heterocycles. The summed E-state index contributed by atoms with van der Waals surface area (Å²) in [6.07, 6.45) is 5.51. The Morgan fingerprint density at radius 1 is 1.25 bits per heavy atom. The molecule has 2 aliphatic carbocycles. The molecule has 3 unspecified atom stereocenters. The molecule has 2 fully saturated rings. The van der Waals surface area contributed by atoms with Crippen molar-refractivity contribution >= 4 is 23.0 Å². The van der Waals surface area contributed by atoms with Crippen molar-refractivity contribution in [3.8, 4) is 0 Å². The van der Waals surface area contributed by atoms with Gasteiger partial charge in [0.25, 0.3) is 0 Å². The molecule has 2 bridgehead atoms. The van der Waals surface area contributed by atoms with Crippen LogP contribution in [0.3, 0.4) is 0 Å². The van der Waals surface area contributed by atoms with E-state index in [9.17, 15) is 0 Å². The number of nitrogen functional groups attached to an aromatic ring is 1. The van der Waals surface area contributed by atoms with Gasteiger partial charge in [0, 0.05) is 11.1 Å².